The Morgan fingerprint density at radius 3 is 2.58 bits per heavy atom. The zero-order valence-electron chi connectivity index (χ0n) is 21.4. The highest BCUT2D eigenvalue weighted by atomic mass is 16.2. The van der Waals surface area contributed by atoms with E-state index in [1.165, 1.54) is 19.3 Å². The van der Waals surface area contributed by atoms with E-state index in [1.54, 1.807) is 30.3 Å². The topological polar surface area (TPSA) is 109 Å². The van der Waals surface area contributed by atoms with Gasteiger partial charge in [-0.25, -0.2) is 9.78 Å². The molecule has 36 heavy (non-hydrogen) atoms. The second-order valence-corrected chi connectivity index (χ2v) is 10.1. The van der Waals surface area contributed by atoms with Crippen LogP contribution in [0.4, 0.5) is 16.3 Å². The molecule has 1 aliphatic heterocycles. The molecule has 4 rings (SSSR count). The van der Waals surface area contributed by atoms with Crippen molar-refractivity contribution in [3.63, 3.8) is 0 Å². The monoisotopic (exact) mass is 491 g/mol. The number of nitrogens with one attached hydrogen (secondary N) is 1. The summed E-state index contributed by atoms with van der Waals surface area (Å²) in [5, 5.41) is 3.10. The van der Waals surface area contributed by atoms with Crippen molar-refractivity contribution in [3.05, 3.63) is 53.7 Å². The third-order valence-electron chi connectivity index (χ3n) is 7.76. The molecule has 3 N–H and O–H groups in total. The van der Waals surface area contributed by atoms with Crippen molar-refractivity contribution in [2.24, 2.45) is 11.8 Å². The van der Waals surface area contributed by atoms with Crippen LogP contribution in [0.25, 0.3) is 0 Å². The number of carbonyl (C=O) groups excluding carboxylic acids is 3. The first-order chi connectivity index (χ1) is 17.3. The molecule has 1 saturated heterocycles. The molecule has 1 aromatic heterocycles. The summed E-state index contributed by atoms with van der Waals surface area (Å²) < 4.78 is 0. The van der Waals surface area contributed by atoms with Crippen LogP contribution in [-0.2, 0) is 16.0 Å². The summed E-state index contributed by atoms with van der Waals surface area (Å²) >= 11 is 0. The van der Waals surface area contributed by atoms with Crippen LogP contribution >= 0.6 is 0 Å². The molecule has 8 heteroatoms. The fraction of sp³-hybridized carbons (Fsp3) is 0.500. The average molecular weight is 492 g/mol. The number of β-lactam (4-membered cyclic amide) rings is 1. The minimum atomic E-state index is -0.889. The molecular weight excluding hydrogens is 454 g/mol. The number of benzene rings is 1. The van der Waals surface area contributed by atoms with Crippen molar-refractivity contribution in [2.75, 3.05) is 17.7 Å². The van der Waals surface area contributed by atoms with Crippen LogP contribution in [0, 0.1) is 18.8 Å². The molecule has 192 valence electrons. The maximum atomic E-state index is 13.8. The normalized spacial score (nSPS) is 21.0. The van der Waals surface area contributed by atoms with E-state index >= 15 is 0 Å². The van der Waals surface area contributed by atoms with Crippen LogP contribution in [0.3, 0.4) is 0 Å². The summed E-state index contributed by atoms with van der Waals surface area (Å²) in [6.45, 7) is 3.99. The summed E-state index contributed by atoms with van der Waals surface area (Å²) in [7, 11) is 1.70. The van der Waals surface area contributed by atoms with E-state index in [-0.39, 0.29) is 17.9 Å². The van der Waals surface area contributed by atoms with Crippen molar-refractivity contribution in [2.45, 2.75) is 70.9 Å². The number of aryl methyl sites for hydroxylation is 1. The zero-order chi connectivity index (χ0) is 25.8. The van der Waals surface area contributed by atoms with E-state index in [0.717, 1.165) is 41.0 Å². The van der Waals surface area contributed by atoms with Gasteiger partial charge in [0.2, 0.25) is 5.91 Å². The summed E-state index contributed by atoms with van der Waals surface area (Å²) in [6.07, 6.45) is 8.42. The molecule has 0 bridgehead atoms. The summed E-state index contributed by atoms with van der Waals surface area (Å²) in [4.78, 5) is 47.2. The van der Waals surface area contributed by atoms with Gasteiger partial charge in [-0.3, -0.25) is 14.5 Å². The Morgan fingerprint density at radius 1 is 1.19 bits per heavy atom. The number of hydrogen-bond donors (Lipinski definition) is 2. The molecule has 4 amide bonds. The summed E-state index contributed by atoms with van der Waals surface area (Å²) in [5.41, 5.74) is 8.34. The van der Waals surface area contributed by atoms with Crippen molar-refractivity contribution < 1.29 is 14.4 Å². The van der Waals surface area contributed by atoms with Crippen molar-refractivity contribution in [1.29, 1.82) is 0 Å². The predicted octanol–water partition coefficient (Wildman–Crippen LogP) is 4.07. The number of nitrogens with zero attached hydrogens (tertiary/aromatic N) is 3. The summed E-state index contributed by atoms with van der Waals surface area (Å²) in [6, 6.07) is 9.71. The van der Waals surface area contributed by atoms with E-state index in [1.807, 2.05) is 31.2 Å². The van der Waals surface area contributed by atoms with Gasteiger partial charge in [-0.1, -0.05) is 44.4 Å². The van der Waals surface area contributed by atoms with Crippen LogP contribution < -0.4 is 16.0 Å². The lowest BCUT2D eigenvalue weighted by Gasteiger charge is -2.46. The lowest BCUT2D eigenvalue weighted by Crippen LogP contribution is -2.71. The Morgan fingerprint density at radius 2 is 1.92 bits per heavy atom. The molecule has 0 radical (unpaired) electrons. The van der Waals surface area contributed by atoms with E-state index in [4.69, 9.17) is 5.73 Å². The molecular formula is C28H37N5O3. The minimum absolute atomic E-state index is 0.00510. The molecule has 1 unspecified atom stereocenters. The molecule has 3 atom stereocenters. The highest BCUT2D eigenvalue weighted by Gasteiger charge is 2.55. The maximum Gasteiger partial charge on any atom is 0.325 e. The summed E-state index contributed by atoms with van der Waals surface area (Å²) in [5.74, 6) is -0.503. The fourth-order valence-corrected chi connectivity index (χ4v) is 5.71. The van der Waals surface area contributed by atoms with E-state index in [9.17, 15) is 14.4 Å². The predicted molar refractivity (Wildman–Crippen MR) is 140 cm³/mol. The number of amides is 4. The minimum Gasteiger partial charge on any atom is -0.384 e. The zero-order valence-corrected chi connectivity index (χ0v) is 21.4. The van der Waals surface area contributed by atoms with Crippen LogP contribution in [0.1, 0.15) is 56.6 Å². The molecule has 1 aliphatic carbocycles. The van der Waals surface area contributed by atoms with E-state index < -0.39 is 18.0 Å². The van der Waals surface area contributed by atoms with E-state index in [2.05, 4.69) is 17.2 Å². The van der Waals surface area contributed by atoms with Crippen molar-refractivity contribution >= 4 is 29.4 Å². The number of anilines is 2. The first kappa shape index (κ1) is 25.7. The number of para-hydroxylation sites is 1. The third-order valence-corrected chi connectivity index (χ3v) is 7.76. The second kappa shape index (κ2) is 11.1. The Kier molecular flexibility index (Phi) is 7.91. The highest BCUT2D eigenvalue weighted by Crippen LogP contribution is 2.34. The number of likely N-dealkylation sites (tertiary alicyclic amines) is 1. The Balaban J connectivity index is 1.58. The molecule has 2 aromatic rings. The van der Waals surface area contributed by atoms with Gasteiger partial charge in [0.15, 0.2) is 0 Å². The Hall–Kier alpha value is -3.42. The molecule has 1 saturated carbocycles. The molecule has 0 spiro atoms. The van der Waals surface area contributed by atoms with Gasteiger partial charge in [0, 0.05) is 25.0 Å². The number of urea groups is 1. The largest absolute Gasteiger partial charge is 0.384 e. The van der Waals surface area contributed by atoms with Gasteiger partial charge in [-0.05, 0) is 67.9 Å². The number of rotatable bonds is 7. The first-order valence-corrected chi connectivity index (χ1v) is 13.0. The van der Waals surface area contributed by atoms with Crippen LogP contribution in [0.15, 0.2) is 42.6 Å². The fourth-order valence-electron chi connectivity index (χ4n) is 5.71. The smallest absolute Gasteiger partial charge is 0.325 e. The standard InChI is InChI=1S/C28H37N5O3/c1-4-22(20-11-6-5-7-12-20)31-28(36)33-25(27(35)32(3)23-13-9-8-10-18(23)2)21(26(33)34)16-19-14-15-30-24(29)17-19/h8-10,13-15,17,20-22,25H,4-7,11-12,16H2,1-3H3,(H2,29,30)(H,31,36)/t21-,22?,25+/m1/s1. The SMILES string of the molecule is CCC(NC(=O)N1C(=O)[C@H](Cc2ccnc(N)c2)[C@H]1C(=O)N(C)c1ccccc1C)C1CCCCC1. The molecule has 2 aliphatic rings. The Bertz CT molecular complexity index is 1110. The van der Waals surface area contributed by atoms with Gasteiger partial charge in [0.1, 0.15) is 11.9 Å². The number of nitrogens with two attached hydrogens (primary N) is 1. The lowest BCUT2D eigenvalue weighted by molar-refractivity contribution is -0.156. The van der Waals surface area contributed by atoms with Crippen LogP contribution in [-0.4, -0.2) is 46.9 Å². The van der Waals surface area contributed by atoms with Gasteiger partial charge >= 0.3 is 6.03 Å². The number of hydrogen-bond acceptors (Lipinski definition) is 5. The van der Waals surface area contributed by atoms with Gasteiger partial charge < -0.3 is 16.0 Å². The molecule has 2 heterocycles. The molecule has 8 nitrogen and oxygen atoms in total. The van der Waals surface area contributed by atoms with Gasteiger partial charge in [-0.15, -0.1) is 0 Å². The number of carbonyl (C=O) groups is 3. The number of imide groups is 1. The van der Waals surface area contributed by atoms with Gasteiger partial charge in [-0.2, -0.15) is 0 Å². The Labute approximate surface area is 213 Å². The third kappa shape index (κ3) is 5.22. The number of nitrogen functional groups attached to an aromatic ring is 1. The van der Waals surface area contributed by atoms with Crippen molar-refractivity contribution in [3.8, 4) is 0 Å². The molecule has 1 aromatic carbocycles. The van der Waals surface area contributed by atoms with E-state index in [0.29, 0.717) is 18.2 Å². The first-order valence-electron chi connectivity index (χ1n) is 13.0. The van der Waals surface area contributed by atoms with Crippen LogP contribution in [0.5, 0.6) is 0 Å². The van der Waals surface area contributed by atoms with Gasteiger partial charge in [0.05, 0.1) is 5.92 Å². The lowest BCUT2D eigenvalue weighted by atomic mass is 9.81. The van der Waals surface area contributed by atoms with Crippen molar-refractivity contribution in [1.82, 2.24) is 15.2 Å². The van der Waals surface area contributed by atoms with Crippen LogP contribution in [0.2, 0.25) is 0 Å². The average Bonchev–Trinajstić information content (AvgIpc) is 2.88. The second-order valence-electron chi connectivity index (χ2n) is 10.1. The highest BCUT2D eigenvalue weighted by molar-refractivity contribution is 6.12. The number of pyridine rings is 1. The maximum absolute atomic E-state index is 13.8. The number of likely N-dealkylation sites (N-methyl/N-ethyl adjacent to an activating group) is 1. The van der Waals surface area contributed by atoms with Gasteiger partial charge in [0.25, 0.3) is 5.91 Å². The molecule has 2 fully saturated rings. The quantitative estimate of drug-likeness (QED) is 0.568. The number of aromatic nitrogens is 1.